The number of nitrogens with zero attached hydrogens (tertiary/aromatic N) is 2. The second kappa shape index (κ2) is 5.30. The highest BCUT2D eigenvalue weighted by molar-refractivity contribution is 7.09. The summed E-state index contributed by atoms with van der Waals surface area (Å²) in [6, 6.07) is 4.98. The Morgan fingerprint density at radius 2 is 2.30 bits per heavy atom. The molecule has 102 valence electrons. The van der Waals surface area contributed by atoms with E-state index < -0.39 is 0 Å². The van der Waals surface area contributed by atoms with E-state index in [9.17, 15) is 4.79 Å². The minimum atomic E-state index is -0.313. The summed E-state index contributed by atoms with van der Waals surface area (Å²) in [7, 11) is 0. The van der Waals surface area contributed by atoms with Gasteiger partial charge in [0.1, 0.15) is 0 Å². The Morgan fingerprint density at radius 1 is 1.45 bits per heavy atom. The van der Waals surface area contributed by atoms with E-state index >= 15 is 0 Å². The fraction of sp³-hybridized carbons (Fsp3) is 0.154. The normalized spacial score (nSPS) is 12.8. The average molecular weight is 289 g/mol. The number of fused-ring (bicyclic) bond motifs is 1. The number of benzene rings is 1. The van der Waals surface area contributed by atoms with Crippen LogP contribution in [0.4, 0.5) is 0 Å². The fourth-order valence-electron chi connectivity index (χ4n) is 1.70. The lowest BCUT2D eigenvalue weighted by atomic mass is 10.2. The Bertz CT molecular complexity index is 681. The van der Waals surface area contributed by atoms with E-state index in [0.29, 0.717) is 17.1 Å². The molecule has 20 heavy (non-hydrogen) atoms. The molecule has 1 aliphatic heterocycles. The van der Waals surface area contributed by atoms with Gasteiger partial charge in [0.05, 0.1) is 16.9 Å². The third kappa shape index (κ3) is 2.62. The van der Waals surface area contributed by atoms with Crippen LogP contribution in [0.2, 0.25) is 0 Å². The summed E-state index contributed by atoms with van der Waals surface area (Å²) in [6.07, 6.45) is 1.51. The molecule has 7 heteroatoms. The highest BCUT2D eigenvalue weighted by Crippen LogP contribution is 2.32. The van der Waals surface area contributed by atoms with Gasteiger partial charge in [-0.15, -0.1) is 11.3 Å². The van der Waals surface area contributed by atoms with Gasteiger partial charge >= 0.3 is 0 Å². The largest absolute Gasteiger partial charge is 0.454 e. The van der Waals surface area contributed by atoms with Gasteiger partial charge in [0.25, 0.3) is 5.91 Å². The molecule has 0 spiro atoms. The van der Waals surface area contributed by atoms with Crippen LogP contribution in [-0.2, 0) is 0 Å². The van der Waals surface area contributed by atoms with Gasteiger partial charge in [-0.2, -0.15) is 5.10 Å². The number of rotatable bonds is 3. The molecule has 1 N–H and O–H groups in total. The molecule has 0 aliphatic carbocycles. The molecule has 1 aliphatic rings. The maximum absolute atomic E-state index is 11.9. The minimum absolute atomic E-state index is 0.182. The number of carbonyl (C=O) groups excluding carboxylic acids is 1. The number of amides is 1. The maximum Gasteiger partial charge on any atom is 0.271 e. The van der Waals surface area contributed by atoms with Crippen LogP contribution in [0.15, 0.2) is 28.7 Å². The number of thiazole rings is 1. The van der Waals surface area contributed by atoms with E-state index in [1.807, 2.05) is 12.3 Å². The monoisotopic (exact) mass is 289 g/mol. The Morgan fingerprint density at radius 3 is 3.10 bits per heavy atom. The molecule has 1 aromatic carbocycles. The second-order valence-electron chi connectivity index (χ2n) is 4.06. The minimum Gasteiger partial charge on any atom is -0.454 e. The molecule has 1 aromatic heterocycles. The Balaban J connectivity index is 1.66. The number of hydrogen-bond donors (Lipinski definition) is 1. The van der Waals surface area contributed by atoms with Gasteiger partial charge < -0.3 is 9.47 Å². The van der Waals surface area contributed by atoms with Crippen LogP contribution in [0.1, 0.15) is 21.1 Å². The van der Waals surface area contributed by atoms with E-state index in [0.717, 1.165) is 10.7 Å². The first-order chi connectivity index (χ1) is 9.72. The molecular formula is C13H11N3O3S. The van der Waals surface area contributed by atoms with Crippen LogP contribution < -0.4 is 14.9 Å². The van der Waals surface area contributed by atoms with E-state index in [2.05, 4.69) is 15.5 Å². The topological polar surface area (TPSA) is 72.8 Å². The van der Waals surface area contributed by atoms with Crippen molar-refractivity contribution < 1.29 is 14.3 Å². The van der Waals surface area contributed by atoms with Crippen molar-refractivity contribution in [2.24, 2.45) is 5.10 Å². The van der Waals surface area contributed by atoms with Crippen molar-refractivity contribution in [3.05, 3.63) is 39.8 Å². The quantitative estimate of drug-likeness (QED) is 0.692. The van der Waals surface area contributed by atoms with Crippen LogP contribution in [0, 0.1) is 6.92 Å². The first-order valence-electron chi connectivity index (χ1n) is 5.87. The van der Waals surface area contributed by atoms with E-state index in [-0.39, 0.29) is 12.7 Å². The number of aromatic nitrogens is 1. The second-order valence-corrected chi connectivity index (χ2v) is 5.12. The first-order valence-corrected chi connectivity index (χ1v) is 6.75. The van der Waals surface area contributed by atoms with E-state index in [1.54, 1.807) is 18.2 Å². The van der Waals surface area contributed by atoms with Crippen LogP contribution in [0.3, 0.4) is 0 Å². The molecule has 6 nitrogen and oxygen atoms in total. The predicted octanol–water partition coefficient (Wildman–Crippen LogP) is 1.94. The zero-order valence-corrected chi connectivity index (χ0v) is 11.4. The van der Waals surface area contributed by atoms with Crippen molar-refractivity contribution in [3.8, 4) is 11.5 Å². The SMILES string of the molecule is Cc1nc(/C=N\NC(=O)c2ccc3c(c2)OCO3)cs1. The molecule has 2 heterocycles. The fourth-order valence-corrected chi connectivity index (χ4v) is 2.26. The lowest BCUT2D eigenvalue weighted by Crippen LogP contribution is -2.17. The summed E-state index contributed by atoms with van der Waals surface area (Å²) in [6.45, 7) is 2.09. The Labute approximate surface area is 119 Å². The Hall–Kier alpha value is -2.41. The smallest absolute Gasteiger partial charge is 0.271 e. The summed E-state index contributed by atoms with van der Waals surface area (Å²) in [5.41, 5.74) is 3.63. The van der Waals surface area contributed by atoms with Gasteiger partial charge in [-0.05, 0) is 25.1 Å². The molecule has 0 fully saturated rings. The van der Waals surface area contributed by atoms with E-state index in [4.69, 9.17) is 9.47 Å². The van der Waals surface area contributed by atoms with Crippen molar-refractivity contribution in [3.63, 3.8) is 0 Å². The van der Waals surface area contributed by atoms with Crippen molar-refractivity contribution >= 4 is 23.5 Å². The molecule has 3 rings (SSSR count). The molecule has 0 saturated heterocycles. The molecule has 0 atom stereocenters. The number of hydrogen-bond acceptors (Lipinski definition) is 6. The molecule has 1 amide bonds. The van der Waals surface area contributed by atoms with Crippen LogP contribution >= 0.6 is 11.3 Å². The zero-order chi connectivity index (χ0) is 13.9. The summed E-state index contributed by atoms with van der Waals surface area (Å²) < 4.78 is 10.4. The molecule has 0 unspecified atom stereocenters. The van der Waals surface area contributed by atoms with Gasteiger partial charge in [0.15, 0.2) is 11.5 Å². The van der Waals surface area contributed by atoms with Gasteiger partial charge in [0, 0.05) is 10.9 Å². The maximum atomic E-state index is 11.9. The van der Waals surface area contributed by atoms with Crippen molar-refractivity contribution in [2.75, 3.05) is 6.79 Å². The number of ether oxygens (including phenoxy) is 2. The van der Waals surface area contributed by atoms with Gasteiger partial charge in [-0.25, -0.2) is 10.4 Å². The molecular weight excluding hydrogens is 278 g/mol. The van der Waals surface area contributed by atoms with Crippen LogP contribution in [-0.4, -0.2) is 23.9 Å². The Kier molecular flexibility index (Phi) is 3.34. The van der Waals surface area contributed by atoms with Crippen LogP contribution in [0.5, 0.6) is 11.5 Å². The summed E-state index contributed by atoms with van der Waals surface area (Å²) in [4.78, 5) is 16.1. The summed E-state index contributed by atoms with van der Waals surface area (Å²) in [5.74, 6) is 0.895. The van der Waals surface area contributed by atoms with Crippen molar-refractivity contribution in [2.45, 2.75) is 6.92 Å². The summed E-state index contributed by atoms with van der Waals surface area (Å²) in [5, 5.41) is 6.69. The lowest BCUT2D eigenvalue weighted by Gasteiger charge is -2.01. The molecule has 0 radical (unpaired) electrons. The number of aryl methyl sites for hydroxylation is 1. The third-order valence-electron chi connectivity index (χ3n) is 2.63. The average Bonchev–Trinajstić information content (AvgIpc) is 3.06. The third-order valence-corrected chi connectivity index (χ3v) is 3.43. The van der Waals surface area contributed by atoms with Gasteiger partial charge in [-0.1, -0.05) is 0 Å². The number of carbonyl (C=O) groups is 1. The highest BCUT2D eigenvalue weighted by atomic mass is 32.1. The first kappa shape index (κ1) is 12.6. The van der Waals surface area contributed by atoms with Crippen molar-refractivity contribution in [1.82, 2.24) is 10.4 Å². The van der Waals surface area contributed by atoms with E-state index in [1.165, 1.54) is 17.6 Å². The summed E-state index contributed by atoms with van der Waals surface area (Å²) >= 11 is 1.53. The van der Waals surface area contributed by atoms with Gasteiger partial charge in [0.2, 0.25) is 6.79 Å². The molecule has 0 bridgehead atoms. The van der Waals surface area contributed by atoms with Gasteiger partial charge in [-0.3, -0.25) is 4.79 Å². The van der Waals surface area contributed by atoms with Crippen LogP contribution in [0.25, 0.3) is 0 Å². The predicted molar refractivity (Wildman–Crippen MR) is 74.5 cm³/mol. The zero-order valence-electron chi connectivity index (χ0n) is 10.6. The number of hydrazone groups is 1. The van der Waals surface area contributed by atoms with Crippen molar-refractivity contribution in [1.29, 1.82) is 0 Å². The molecule has 2 aromatic rings. The standard InChI is InChI=1S/C13H11N3O3S/c1-8-15-10(6-20-8)5-14-16-13(17)9-2-3-11-12(4-9)19-7-18-11/h2-6H,7H2,1H3,(H,16,17)/b14-5-. The molecule has 0 saturated carbocycles. The lowest BCUT2D eigenvalue weighted by molar-refractivity contribution is 0.0954. The highest BCUT2D eigenvalue weighted by Gasteiger charge is 2.15. The number of nitrogens with one attached hydrogen (secondary N) is 1.